The first kappa shape index (κ1) is 16.9. The van der Waals surface area contributed by atoms with Gasteiger partial charge in [-0.2, -0.15) is 0 Å². The number of carbonyl (C=O) groups is 1. The minimum Gasteiger partial charge on any atom is -0.384 e. The van der Waals surface area contributed by atoms with Crippen molar-refractivity contribution in [1.82, 2.24) is 25.4 Å². The lowest BCUT2D eigenvalue weighted by molar-refractivity contribution is -0.122. The first-order valence-corrected chi connectivity index (χ1v) is 8.02. The molecule has 2 heterocycles. The van der Waals surface area contributed by atoms with E-state index in [1.54, 1.807) is 7.11 Å². The van der Waals surface area contributed by atoms with Gasteiger partial charge in [0.25, 0.3) is 0 Å². The van der Waals surface area contributed by atoms with Crippen LogP contribution in [0.3, 0.4) is 0 Å². The number of hydrogen-bond acceptors (Lipinski definition) is 5. The minimum atomic E-state index is -0.0938. The van der Waals surface area contributed by atoms with Crippen molar-refractivity contribution in [2.45, 2.75) is 45.7 Å². The van der Waals surface area contributed by atoms with Crippen molar-refractivity contribution < 1.29 is 9.53 Å². The lowest BCUT2D eigenvalue weighted by Gasteiger charge is -2.21. The summed E-state index contributed by atoms with van der Waals surface area (Å²) in [6.45, 7) is 7.41. The third-order valence-electron chi connectivity index (χ3n) is 3.78. The van der Waals surface area contributed by atoms with Gasteiger partial charge in [0.1, 0.15) is 5.82 Å². The van der Waals surface area contributed by atoms with Gasteiger partial charge in [-0.3, -0.25) is 4.79 Å². The summed E-state index contributed by atoms with van der Waals surface area (Å²) in [7, 11) is 1.60. The van der Waals surface area contributed by atoms with Crippen molar-refractivity contribution in [3.8, 4) is 0 Å². The van der Waals surface area contributed by atoms with Gasteiger partial charge >= 0.3 is 0 Å². The third kappa shape index (κ3) is 4.51. The van der Waals surface area contributed by atoms with Crippen molar-refractivity contribution in [1.29, 1.82) is 0 Å². The lowest BCUT2D eigenvalue weighted by Crippen LogP contribution is -2.32. The van der Waals surface area contributed by atoms with Gasteiger partial charge in [-0.1, -0.05) is 13.8 Å². The molecule has 1 atom stereocenters. The zero-order chi connectivity index (χ0) is 15.9. The zero-order valence-corrected chi connectivity index (χ0v) is 13.8. The fourth-order valence-electron chi connectivity index (χ4n) is 2.71. The molecule has 0 saturated heterocycles. The maximum atomic E-state index is 12.1. The third-order valence-corrected chi connectivity index (χ3v) is 3.78. The summed E-state index contributed by atoms with van der Waals surface area (Å²) in [5.74, 6) is 2.33. The van der Waals surface area contributed by atoms with E-state index in [0.29, 0.717) is 18.9 Å². The van der Waals surface area contributed by atoms with E-state index < -0.39 is 0 Å². The topological polar surface area (TPSA) is 81.1 Å². The number of ether oxygens (including phenoxy) is 1. The summed E-state index contributed by atoms with van der Waals surface area (Å²) in [6, 6.07) is -0.0938. The summed E-state index contributed by atoms with van der Waals surface area (Å²) >= 11 is 0. The number of hydrogen-bond donors (Lipinski definition) is 2. The Hall–Kier alpha value is -1.47. The molecule has 0 aromatic carbocycles. The fraction of sp³-hybridized carbons (Fsp3) is 0.800. The van der Waals surface area contributed by atoms with E-state index in [4.69, 9.17) is 4.74 Å². The van der Waals surface area contributed by atoms with Gasteiger partial charge in [0.2, 0.25) is 5.91 Å². The molecule has 0 fully saturated rings. The van der Waals surface area contributed by atoms with Crippen LogP contribution in [-0.2, 0) is 22.5 Å². The molecule has 7 nitrogen and oxygen atoms in total. The zero-order valence-electron chi connectivity index (χ0n) is 13.8. The summed E-state index contributed by atoms with van der Waals surface area (Å²) in [4.78, 5) is 12.1. The van der Waals surface area contributed by atoms with Crippen LogP contribution in [0.15, 0.2) is 0 Å². The molecule has 1 aliphatic rings. The first-order valence-electron chi connectivity index (χ1n) is 8.02. The van der Waals surface area contributed by atoms with E-state index >= 15 is 0 Å². The summed E-state index contributed by atoms with van der Waals surface area (Å²) in [5, 5.41) is 15.1. The number of carbonyl (C=O) groups excluding carboxylic acids is 1. The summed E-state index contributed by atoms with van der Waals surface area (Å²) in [6.07, 6.45) is 2.09. The molecule has 0 aliphatic carbocycles. The Bertz CT molecular complexity index is 486. The van der Waals surface area contributed by atoms with Crippen molar-refractivity contribution in [2.75, 3.05) is 26.8 Å². The van der Waals surface area contributed by atoms with Gasteiger partial charge in [0.15, 0.2) is 5.82 Å². The quantitative estimate of drug-likeness (QED) is 0.773. The standard InChI is InChI=1S/C15H27N5O2/c1-11(2)10-12(17-14(21)5-9-22-3)15-19-18-13-4-6-16-7-8-20(13)15/h11-12,16H,4-10H2,1-3H3,(H,17,21)/t12-/m0/s1. The van der Waals surface area contributed by atoms with Crippen molar-refractivity contribution >= 4 is 5.91 Å². The van der Waals surface area contributed by atoms with Crippen LogP contribution >= 0.6 is 0 Å². The molecule has 1 aromatic rings. The average molecular weight is 309 g/mol. The molecule has 0 saturated carbocycles. The second-order valence-electron chi connectivity index (χ2n) is 6.12. The van der Waals surface area contributed by atoms with Crippen molar-refractivity contribution in [3.05, 3.63) is 11.6 Å². The molecule has 0 radical (unpaired) electrons. The molecular weight excluding hydrogens is 282 g/mol. The number of methoxy groups -OCH3 is 1. The van der Waals surface area contributed by atoms with Gasteiger partial charge < -0.3 is 19.9 Å². The van der Waals surface area contributed by atoms with Gasteiger partial charge in [-0.25, -0.2) is 0 Å². The van der Waals surface area contributed by atoms with E-state index in [1.807, 2.05) is 0 Å². The Morgan fingerprint density at radius 1 is 1.41 bits per heavy atom. The molecule has 1 aliphatic heterocycles. The van der Waals surface area contributed by atoms with Crippen molar-refractivity contribution in [3.63, 3.8) is 0 Å². The van der Waals surface area contributed by atoms with E-state index in [1.165, 1.54) is 0 Å². The molecule has 0 spiro atoms. The molecule has 1 amide bonds. The van der Waals surface area contributed by atoms with Gasteiger partial charge in [0.05, 0.1) is 12.6 Å². The van der Waals surface area contributed by atoms with Gasteiger partial charge in [0, 0.05) is 39.6 Å². The highest BCUT2D eigenvalue weighted by molar-refractivity contribution is 5.76. The van der Waals surface area contributed by atoms with Crippen LogP contribution < -0.4 is 10.6 Å². The summed E-state index contributed by atoms with van der Waals surface area (Å²) in [5.41, 5.74) is 0. The van der Waals surface area contributed by atoms with E-state index in [2.05, 4.69) is 39.2 Å². The SMILES string of the molecule is COCCC(=O)N[C@@H](CC(C)C)c1nnc2n1CCNCC2. The van der Waals surface area contributed by atoms with Gasteiger partial charge in [-0.05, 0) is 12.3 Å². The fourth-order valence-corrected chi connectivity index (χ4v) is 2.71. The average Bonchev–Trinajstić information content (AvgIpc) is 2.72. The maximum absolute atomic E-state index is 12.1. The van der Waals surface area contributed by atoms with E-state index in [0.717, 1.165) is 44.1 Å². The van der Waals surface area contributed by atoms with Gasteiger partial charge in [-0.15, -0.1) is 10.2 Å². The van der Waals surface area contributed by atoms with Crippen LogP contribution in [0.25, 0.3) is 0 Å². The molecule has 7 heteroatoms. The molecule has 22 heavy (non-hydrogen) atoms. The Labute approximate surface area is 131 Å². The monoisotopic (exact) mass is 309 g/mol. The Morgan fingerprint density at radius 3 is 2.95 bits per heavy atom. The van der Waals surface area contributed by atoms with Crippen LogP contribution in [0.2, 0.25) is 0 Å². The number of amides is 1. The normalized spacial score (nSPS) is 16.2. The molecule has 2 rings (SSSR count). The van der Waals surface area contributed by atoms with Crippen LogP contribution in [0.5, 0.6) is 0 Å². The van der Waals surface area contributed by atoms with Crippen LogP contribution in [-0.4, -0.2) is 47.5 Å². The predicted molar refractivity (Wildman–Crippen MR) is 83.4 cm³/mol. The molecule has 0 unspecified atom stereocenters. The largest absolute Gasteiger partial charge is 0.384 e. The second kappa shape index (κ2) is 8.24. The van der Waals surface area contributed by atoms with E-state index in [-0.39, 0.29) is 11.9 Å². The lowest BCUT2D eigenvalue weighted by atomic mass is 10.0. The number of aromatic nitrogens is 3. The number of rotatable bonds is 7. The molecular formula is C15H27N5O2. The predicted octanol–water partition coefficient (Wildman–Crippen LogP) is 0.664. The van der Waals surface area contributed by atoms with Crippen LogP contribution in [0.1, 0.15) is 44.4 Å². The molecule has 1 aromatic heterocycles. The molecule has 2 N–H and O–H groups in total. The highest BCUT2D eigenvalue weighted by Gasteiger charge is 2.24. The summed E-state index contributed by atoms with van der Waals surface area (Å²) < 4.78 is 7.13. The smallest absolute Gasteiger partial charge is 0.222 e. The number of nitrogens with zero attached hydrogens (tertiary/aromatic N) is 3. The maximum Gasteiger partial charge on any atom is 0.222 e. The highest BCUT2D eigenvalue weighted by Crippen LogP contribution is 2.21. The Morgan fingerprint density at radius 2 is 2.23 bits per heavy atom. The Balaban J connectivity index is 2.14. The molecule has 124 valence electrons. The van der Waals surface area contributed by atoms with E-state index in [9.17, 15) is 4.79 Å². The highest BCUT2D eigenvalue weighted by atomic mass is 16.5. The van der Waals surface area contributed by atoms with Crippen molar-refractivity contribution in [2.24, 2.45) is 5.92 Å². The molecule has 0 bridgehead atoms. The number of fused-ring (bicyclic) bond motifs is 1. The second-order valence-corrected chi connectivity index (χ2v) is 6.12. The number of nitrogens with one attached hydrogen (secondary N) is 2. The van der Waals surface area contributed by atoms with Crippen LogP contribution in [0, 0.1) is 5.92 Å². The minimum absolute atomic E-state index is 0.00315. The Kier molecular flexibility index (Phi) is 6.33. The van der Waals surface area contributed by atoms with Crippen LogP contribution in [0.4, 0.5) is 0 Å². The first-order chi connectivity index (χ1) is 10.6.